The molecule has 6 nitrogen and oxygen atoms in total. The Balaban J connectivity index is 1.11. The maximum atomic E-state index is 14.5. The van der Waals surface area contributed by atoms with Crippen molar-refractivity contribution in [2.45, 2.75) is 69.3 Å². The average Bonchev–Trinajstić information content (AvgIpc) is 3.82. The number of hydrogen-bond donors (Lipinski definition) is 1. The van der Waals surface area contributed by atoms with Crippen molar-refractivity contribution in [2.75, 3.05) is 26.4 Å². The molecule has 0 radical (unpaired) electrons. The Morgan fingerprint density at radius 2 is 1.93 bits per heavy atom. The van der Waals surface area contributed by atoms with Gasteiger partial charge in [0.1, 0.15) is 5.60 Å². The highest BCUT2D eigenvalue weighted by Gasteiger charge is 2.53. The third kappa shape index (κ3) is 5.39. The van der Waals surface area contributed by atoms with Crippen molar-refractivity contribution in [3.63, 3.8) is 0 Å². The third-order valence-corrected chi connectivity index (χ3v) is 9.68. The predicted molar refractivity (Wildman–Crippen MR) is 148 cm³/mol. The van der Waals surface area contributed by atoms with Gasteiger partial charge in [0.25, 0.3) is 0 Å². The second kappa shape index (κ2) is 10.9. The van der Waals surface area contributed by atoms with Gasteiger partial charge in [-0.05, 0) is 86.2 Å². The van der Waals surface area contributed by atoms with Crippen LogP contribution in [-0.2, 0) is 17.5 Å². The minimum absolute atomic E-state index is 0.00346. The first kappa shape index (κ1) is 29.0. The lowest BCUT2D eigenvalue weighted by molar-refractivity contribution is -0.138. The summed E-state index contributed by atoms with van der Waals surface area (Å²) in [6.07, 6.45) is -0.0716. The summed E-state index contributed by atoms with van der Waals surface area (Å²) in [6, 6.07) is 8.92. The largest absolute Gasteiger partial charge is 0.478 e. The maximum Gasteiger partial charge on any atom is 0.416 e. The van der Waals surface area contributed by atoms with Crippen LogP contribution in [0, 0.1) is 17.7 Å². The molecule has 226 valence electrons. The fraction of sp³-hybridized carbons (Fsp3) is 0.531. The smallest absolute Gasteiger partial charge is 0.416 e. The number of fused-ring (bicyclic) bond motifs is 1. The molecule has 4 aliphatic rings. The van der Waals surface area contributed by atoms with E-state index in [1.165, 1.54) is 0 Å². The van der Waals surface area contributed by atoms with Crippen LogP contribution in [0.15, 0.2) is 48.7 Å². The van der Waals surface area contributed by atoms with Gasteiger partial charge in [-0.2, -0.15) is 13.2 Å². The van der Waals surface area contributed by atoms with Gasteiger partial charge in [0.05, 0.1) is 17.7 Å². The molecule has 1 saturated carbocycles. The zero-order valence-electron chi connectivity index (χ0n) is 23.6. The maximum absolute atomic E-state index is 14.5. The van der Waals surface area contributed by atoms with E-state index in [1.807, 2.05) is 12.1 Å². The van der Waals surface area contributed by atoms with Gasteiger partial charge < -0.3 is 19.5 Å². The highest BCUT2D eigenvalue weighted by molar-refractivity contribution is 5.87. The molecular formula is C32H36F4N2O4. The monoisotopic (exact) mass is 588 g/mol. The number of rotatable bonds is 6. The van der Waals surface area contributed by atoms with E-state index in [-0.39, 0.29) is 36.5 Å². The molecule has 10 heteroatoms. The zero-order chi connectivity index (χ0) is 29.8. The quantitative estimate of drug-likeness (QED) is 0.381. The van der Waals surface area contributed by atoms with Gasteiger partial charge in [0.15, 0.2) is 18.3 Å². The third-order valence-electron chi connectivity index (χ3n) is 9.68. The number of carboxylic acids is 1. The van der Waals surface area contributed by atoms with Crippen LogP contribution in [0.4, 0.5) is 17.6 Å². The summed E-state index contributed by atoms with van der Waals surface area (Å²) < 4.78 is 66.8. The normalized spacial score (nSPS) is 28.6. The number of carbonyl (C=O) groups is 1. The van der Waals surface area contributed by atoms with E-state index in [2.05, 4.69) is 18.4 Å². The van der Waals surface area contributed by atoms with E-state index in [4.69, 9.17) is 9.47 Å². The SMILES string of the molecule is C=C(N1COc2c(F)cc(C(F)(F)F)cc2C1)[C@@]1(C2CC2)CC[C@@H](N2CC[C@H](c3cccc(C(=O)O)c3)[C@@H](C)C2)CO1. The molecule has 3 heterocycles. The number of ether oxygens (including phenoxy) is 2. The van der Waals surface area contributed by atoms with E-state index >= 15 is 0 Å². The molecule has 3 fully saturated rings. The standard InChI is InChI=1S/C32H36F4N2O4/c1-19-15-37(11-9-27(19)21-4-3-5-22(12-21)30(39)40)26-8-10-31(42-17-26,24-6-7-24)20(2)38-16-23-13-25(32(34,35)36)14-28(33)29(23)41-18-38/h3-5,12-14,19,24,26-27H,2,6-11,15-18H2,1H3,(H,39,40)/t19-,26+,27-,31+/m0/s1. The van der Waals surface area contributed by atoms with Gasteiger partial charge in [-0.3, -0.25) is 4.90 Å². The zero-order valence-corrected chi connectivity index (χ0v) is 23.6. The van der Waals surface area contributed by atoms with Gasteiger partial charge in [-0.1, -0.05) is 25.6 Å². The second-order valence-corrected chi connectivity index (χ2v) is 12.3. The fourth-order valence-electron chi connectivity index (χ4n) is 7.24. The molecule has 0 unspecified atom stereocenters. The minimum atomic E-state index is -4.65. The Labute approximate surface area is 242 Å². The fourth-order valence-corrected chi connectivity index (χ4v) is 7.24. The summed E-state index contributed by atoms with van der Waals surface area (Å²) in [5.74, 6) is -1.13. The van der Waals surface area contributed by atoms with Gasteiger partial charge in [-0.15, -0.1) is 0 Å². The summed E-state index contributed by atoms with van der Waals surface area (Å²) in [7, 11) is 0. The van der Waals surface area contributed by atoms with Gasteiger partial charge >= 0.3 is 12.1 Å². The summed E-state index contributed by atoms with van der Waals surface area (Å²) in [4.78, 5) is 15.7. The van der Waals surface area contributed by atoms with Crippen LogP contribution >= 0.6 is 0 Å². The summed E-state index contributed by atoms with van der Waals surface area (Å²) in [5.41, 5.74) is 0.582. The van der Waals surface area contributed by atoms with Crippen molar-refractivity contribution in [2.24, 2.45) is 11.8 Å². The average molecular weight is 589 g/mol. The van der Waals surface area contributed by atoms with E-state index in [0.29, 0.717) is 35.8 Å². The van der Waals surface area contributed by atoms with Crippen LogP contribution in [0.2, 0.25) is 0 Å². The Morgan fingerprint density at radius 3 is 2.57 bits per heavy atom. The van der Waals surface area contributed by atoms with Crippen LogP contribution in [0.1, 0.15) is 72.0 Å². The Bertz CT molecular complexity index is 1370. The number of aromatic carboxylic acids is 1. The van der Waals surface area contributed by atoms with Crippen molar-refractivity contribution in [3.05, 3.63) is 76.7 Å². The van der Waals surface area contributed by atoms with Crippen LogP contribution in [-0.4, -0.2) is 58.9 Å². The molecule has 0 aromatic heterocycles. The van der Waals surface area contributed by atoms with Crippen LogP contribution in [0.3, 0.4) is 0 Å². The highest BCUT2D eigenvalue weighted by atomic mass is 19.4. The number of likely N-dealkylation sites (tertiary alicyclic amines) is 1. The van der Waals surface area contributed by atoms with Crippen molar-refractivity contribution in [1.29, 1.82) is 0 Å². The van der Waals surface area contributed by atoms with Crippen LogP contribution < -0.4 is 4.74 Å². The first-order chi connectivity index (χ1) is 20.0. The molecule has 6 rings (SSSR count). The Morgan fingerprint density at radius 1 is 1.14 bits per heavy atom. The summed E-state index contributed by atoms with van der Waals surface area (Å²) in [6.45, 7) is 8.96. The number of carboxylic acid groups (broad SMARTS) is 1. The first-order valence-corrected chi connectivity index (χ1v) is 14.6. The van der Waals surface area contributed by atoms with E-state index in [9.17, 15) is 27.5 Å². The minimum Gasteiger partial charge on any atom is -0.478 e. The molecule has 2 saturated heterocycles. The molecule has 0 amide bonds. The molecular weight excluding hydrogens is 552 g/mol. The van der Waals surface area contributed by atoms with Crippen molar-refractivity contribution >= 4 is 5.97 Å². The summed E-state index contributed by atoms with van der Waals surface area (Å²) >= 11 is 0. The first-order valence-electron chi connectivity index (χ1n) is 14.6. The number of alkyl halides is 3. The van der Waals surface area contributed by atoms with Crippen molar-refractivity contribution < 1.29 is 36.9 Å². The molecule has 42 heavy (non-hydrogen) atoms. The number of nitrogens with zero attached hydrogens (tertiary/aromatic N) is 2. The number of hydrogen-bond acceptors (Lipinski definition) is 5. The van der Waals surface area contributed by atoms with E-state index < -0.39 is 29.1 Å². The molecule has 2 aromatic rings. The number of halogens is 4. The van der Waals surface area contributed by atoms with Crippen molar-refractivity contribution in [1.82, 2.24) is 9.80 Å². The lowest BCUT2D eigenvalue weighted by atomic mass is 9.79. The molecule has 3 aliphatic heterocycles. The Kier molecular flexibility index (Phi) is 7.50. The van der Waals surface area contributed by atoms with E-state index in [1.54, 1.807) is 17.0 Å². The number of benzene rings is 2. The van der Waals surface area contributed by atoms with Gasteiger partial charge in [0, 0.05) is 30.4 Å². The predicted octanol–water partition coefficient (Wildman–Crippen LogP) is 6.66. The molecule has 2 aromatic carbocycles. The van der Waals surface area contributed by atoms with E-state index in [0.717, 1.165) is 56.8 Å². The summed E-state index contributed by atoms with van der Waals surface area (Å²) in [5, 5.41) is 9.39. The van der Waals surface area contributed by atoms with Crippen molar-refractivity contribution in [3.8, 4) is 5.75 Å². The lowest BCUT2D eigenvalue weighted by Crippen LogP contribution is -2.55. The molecule has 0 spiro atoms. The Hall–Kier alpha value is -3.11. The topological polar surface area (TPSA) is 62.2 Å². The number of piperidine rings is 1. The second-order valence-electron chi connectivity index (χ2n) is 12.3. The van der Waals surface area contributed by atoms with Gasteiger partial charge in [0.2, 0.25) is 0 Å². The van der Waals surface area contributed by atoms with Crippen LogP contribution in [0.25, 0.3) is 0 Å². The molecule has 1 aliphatic carbocycles. The lowest BCUT2D eigenvalue weighted by Gasteiger charge is -2.49. The molecule has 1 N–H and O–H groups in total. The highest BCUT2D eigenvalue weighted by Crippen LogP contribution is 2.52. The molecule has 0 bridgehead atoms. The molecule has 4 atom stereocenters. The van der Waals surface area contributed by atoms with Crippen LogP contribution in [0.5, 0.6) is 5.75 Å². The van der Waals surface area contributed by atoms with Gasteiger partial charge in [-0.25, -0.2) is 9.18 Å².